The Morgan fingerprint density at radius 3 is 2.72 bits per heavy atom. The van der Waals surface area contributed by atoms with E-state index in [2.05, 4.69) is 15.1 Å². The van der Waals surface area contributed by atoms with E-state index >= 15 is 0 Å². The molecular weight excluding hydrogens is 525 g/mol. The van der Waals surface area contributed by atoms with Gasteiger partial charge >= 0.3 is 5.97 Å². The summed E-state index contributed by atoms with van der Waals surface area (Å²) in [5.74, 6) is 0.713. The molecule has 5 rings (SSSR count). The van der Waals surface area contributed by atoms with Gasteiger partial charge in [0.2, 0.25) is 5.88 Å². The fourth-order valence-electron chi connectivity index (χ4n) is 4.78. The van der Waals surface area contributed by atoms with E-state index < -0.39 is 11.8 Å². The van der Waals surface area contributed by atoms with Gasteiger partial charge < -0.3 is 19.1 Å². The van der Waals surface area contributed by atoms with Gasteiger partial charge in [-0.3, -0.25) is 4.90 Å². The molecule has 2 fully saturated rings. The van der Waals surface area contributed by atoms with Gasteiger partial charge in [0.05, 0.1) is 19.2 Å². The molecule has 2 aliphatic rings. The van der Waals surface area contributed by atoms with Gasteiger partial charge in [-0.05, 0) is 63.6 Å². The van der Waals surface area contributed by atoms with Gasteiger partial charge in [0.1, 0.15) is 18.2 Å². The van der Waals surface area contributed by atoms with Crippen LogP contribution in [0.3, 0.4) is 0 Å². The van der Waals surface area contributed by atoms with Crippen molar-refractivity contribution < 1.29 is 23.8 Å². The van der Waals surface area contributed by atoms with Gasteiger partial charge in [0, 0.05) is 40.4 Å². The summed E-state index contributed by atoms with van der Waals surface area (Å²) in [6.45, 7) is 5.32. The fraction of sp³-hybridized carbons (Fsp3) is 0.429. The Hall–Kier alpha value is -3.34. The minimum absolute atomic E-state index is 0.0770. The summed E-state index contributed by atoms with van der Waals surface area (Å²) in [6.07, 6.45) is 4.47. The summed E-state index contributed by atoms with van der Waals surface area (Å²) in [5.41, 5.74) is 1.60. The third-order valence-corrected chi connectivity index (χ3v) is 7.46. The van der Waals surface area contributed by atoms with Crippen LogP contribution in [-0.4, -0.2) is 61.5 Å². The number of halogens is 2. The van der Waals surface area contributed by atoms with Gasteiger partial charge in [-0.25, -0.2) is 14.2 Å². The van der Waals surface area contributed by atoms with Crippen LogP contribution in [0.15, 0.2) is 42.0 Å². The summed E-state index contributed by atoms with van der Waals surface area (Å²) >= 11 is 5.83. The molecule has 0 amide bonds. The van der Waals surface area contributed by atoms with Crippen LogP contribution in [0.2, 0.25) is 5.02 Å². The highest BCUT2D eigenvalue weighted by atomic mass is 35.5. The van der Waals surface area contributed by atoms with Crippen LogP contribution in [0.4, 0.5) is 4.39 Å². The Morgan fingerprint density at radius 1 is 1.23 bits per heavy atom. The first-order valence-electron chi connectivity index (χ1n) is 13.1. The van der Waals surface area contributed by atoms with Crippen molar-refractivity contribution in [1.29, 1.82) is 0 Å². The Bertz CT molecular complexity index is 1350. The number of ether oxygens (including phenoxy) is 2. The van der Waals surface area contributed by atoms with Crippen molar-refractivity contribution in [2.45, 2.75) is 57.9 Å². The smallest absolute Gasteiger partial charge is 0.331 e. The minimum Gasteiger partial charge on any atom is -0.478 e. The van der Waals surface area contributed by atoms with E-state index in [0.717, 1.165) is 50.5 Å². The number of pyridine rings is 1. The van der Waals surface area contributed by atoms with Crippen molar-refractivity contribution in [2.75, 3.05) is 19.7 Å². The summed E-state index contributed by atoms with van der Waals surface area (Å²) in [5, 5.41) is 18.3. The van der Waals surface area contributed by atoms with Crippen LogP contribution >= 0.6 is 11.6 Å². The number of piperidine rings is 1. The monoisotopic (exact) mass is 555 g/mol. The third kappa shape index (κ3) is 6.81. The van der Waals surface area contributed by atoms with Gasteiger partial charge in [-0.1, -0.05) is 23.7 Å². The lowest BCUT2D eigenvalue weighted by Crippen LogP contribution is -2.35. The number of aromatic nitrogens is 4. The Balaban J connectivity index is 1.19. The molecule has 11 heteroatoms. The standard InChI is InChI=1S/C28H31ClFN5O4/c1-18(28(36)37)13-25-32-33-26(35(25)15-22-9-12-38-22)16-34-10-7-19(8-11-34)24-3-2-4-27(31-24)39-17-20-5-6-21(29)14-23(20)30/h2-6,13-14,19,22H,7-12,15-17H2,1H3,(H,36,37)/b18-13+/t22-/m0/s1. The molecule has 0 saturated carbocycles. The van der Waals surface area contributed by atoms with E-state index in [9.17, 15) is 14.3 Å². The molecule has 3 aromatic rings. The maximum atomic E-state index is 14.1. The predicted octanol–water partition coefficient (Wildman–Crippen LogP) is 4.70. The van der Waals surface area contributed by atoms with Crippen LogP contribution in [-0.2, 0) is 29.2 Å². The highest BCUT2D eigenvalue weighted by Gasteiger charge is 2.26. The van der Waals surface area contributed by atoms with E-state index in [1.807, 2.05) is 16.7 Å². The topological polar surface area (TPSA) is 103 Å². The summed E-state index contributed by atoms with van der Waals surface area (Å²) in [6, 6.07) is 10.2. The normalized spacial score (nSPS) is 18.6. The van der Waals surface area contributed by atoms with Crippen molar-refractivity contribution in [3.05, 3.63) is 75.7 Å². The van der Waals surface area contributed by atoms with E-state index in [1.54, 1.807) is 31.2 Å². The molecule has 2 aliphatic heterocycles. The minimum atomic E-state index is -0.978. The molecule has 4 heterocycles. The molecule has 0 bridgehead atoms. The summed E-state index contributed by atoms with van der Waals surface area (Å²) in [7, 11) is 0. The number of likely N-dealkylation sites (tertiary alicyclic amines) is 1. The number of aliphatic carboxylic acids is 1. The summed E-state index contributed by atoms with van der Waals surface area (Å²) < 4.78 is 27.4. The van der Waals surface area contributed by atoms with E-state index in [-0.39, 0.29) is 24.2 Å². The van der Waals surface area contributed by atoms with Crippen LogP contribution in [0.25, 0.3) is 6.08 Å². The van der Waals surface area contributed by atoms with Crippen molar-refractivity contribution in [3.8, 4) is 5.88 Å². The molecule has 2 aromatic heterocycles. The van der Waals surface area contributed by atoms with Gasteiger partial charge in [0.15, 0.2) is 5.82 Å². The second-order valence-electron chi connectivity index (χ2n) is 9.97. The van der Waals surface area contributed by atoms with Crippen LogP contribution in [0.5, 0.6) is 5.88 Å². The zero-order chi connectivity index (χ0) is 27.4. The molecular formula is C28H31ClFN5O4. The highest BCUT2D eigenvalue weighted by molar-refractivity contribution is 6.30. The Kier molecular flexibility index (Phi) is 8.54. The second kappa shape index (κ2) is 12.2. The van der Waals surface area contributed by atoms with Gasteiger partial charge in [0.25, 0.3) is 0 Å². The van der Waals surface area contributed by atoms with E-state index in [0.29, 0.717) is 35.4 Å². The molecule has 2 saturated heterocycles. The number of nitrogens with zero attached hydrogens (tertiary/aromatic N) is 5. The molecule has 1 aromatic carbocycles. The maximum Gasteiger partial charge on any atom is 0.331 e. The average Bonchev–Trinajstić information content (AvgIpc) is 3.26. The maximum absolute atomic E-state index is 14.1. The number of rotatable bonds is 10. The molecule has 9 nitrogen and oxygen atoms in total. The predicted molar refractivity (Wildman–Crippen MR) is 143 cm³/mol. The van der Waals surface area contributed by atoms with Crippen molar-refractivity contribution in [2.24, 2.45) is 0 Å². The molecule has 39 heavy (non-hydrogen) atoms. The zero-order valence-electron chi connectivity index (χ0n) is 21.7. The highest BCUT2D eigenvalue weighted by Crippen LogP contribution is 2.29. The van der Waals surface area contributed by atoms with Crippen molar-refractivity contribution in [3.63, 3.8) is 0 Å². The molecule has 1 N–H and O–H groups in total. The number of carboxylic acids is 1. The quantitative estimate of drug-likeness (QED) is 0.359. The second-order valence-corrected chi connectivity index (χ2v) is 10.4. The SMILES string of the molecule is C/C(=C\c1nnc(CN2CCC(c3cccc(OCc4ccc(Cl)cc4F)n3)CC2)n1C[C@@H]1CCO1)C(=O)O. The van der Waals surface area contributed by atoms with Crippen molar-refractivity contribution in [1.82, 2.24) is 24.6 Å². The molecule has 0 unspecified atom stereocenters. The van der Waals surface area contributed by atoms with E-state index in [1.165, 1.54) is 6.07 Å². The Labute approximate surface area is 231 Å². The average molecular weight is 556 g/mol. The van der Waals surface area contributed by atoms with Crippen LogP contribution < -0.4 is 4.74 Å². The van der Waals surface area contributed by atoms with Crippen LogP contribution in [0, 0.1) is 5.82 Å². The number of carbonyl (C=O) groups is 1. The lowest BCUT2D eigenvalue weighted by atomic mass is 9.93. The number of benzene rings is 1. The Morgan fingerprint density at radius 2 is 2.03 bits per heavy atom. The third-order valence-electron chi connectivity index (χ3n) is 7.23. The van der Waals surface area contributed by atoms with Crippen molar-refractivity contribution >= 4 is 23.6 Å². The molecule has 0 aliphatic carbocycles. The number of hydrogen-bond acceptors (Lipinski definition) is 7. The molecule has 206 valence electrons. The lowest BCUT2D eigenvalue weighted by molar-refractivity contribution is -0.132. The van der Waals surface area contributed by atoms with E-state index in [4.69, 9.17) is 26.1 Å². The van der Waals surface area contributed by atoms with Gasteiger partial charge in [-0.2, -0.15) is 0 Å². The number of carboxylic acid groups (broad SMARTS) is 1. The summed E-state index contributed by atoms with van der Waals surface area (Å²) in [4.78, 5) is 18.4. The molecule has 1 atom stereocenters. The molecule has 0 radical (unpaired) electrons. The zero-order valence-corrected chi connectivity index (χ0v) is 22.5. The first kappa shape index (κ1) is 27.2. The number of hydrogen-bond donors (Lipinski definition) is 1. The van der Waals surface area contributed by atoms with Gasteiger partial charge in [-0.15, -0.1) is 10.2 Å². The van der Waals surface area contributed by atoms with Crippen LogP contribution in [0.1, 0.15) is 55.0 Å². The fourth-order valence-corrected chi connectivity index (χ4v) is 4.93. The first-order valence-corrected chi connectivity index (χ1v) is 13.4. The first-order chi connectivity index (χ1) is 18.9. The largest absolute Gasteiger partial charge is 0.478 e. The lowest BCUT2D eigenvalue weighted by Gasteiger charge is -2.32. The molecule has 0 spiro atoms.